The average Bonchev–Trinajstić information content (AvgIpc) is 2.38. The van der Waals surface area contributed by atoms with E-state index in [2.05, 4.69) is 6.92 Å². The van der Waals surface area contributed by atoms with E-state index in [0.717, 1.165) is 19.3 Å². The van der Waals surface area contributed by atoms with E-state index in [9.17, 15) is 9.50 Å². The van der Waals surface area contributed by atoms with E-state index in [1.165, 1.54) is 18.9 Å². The Morgan fingerprint density at radius 3 is 2.72 bits per heavy atom. The lowest BCUT2D eigenvalue weighted by atomic mass is 9.76. The number of benzene rings is 1. The zero-order chi connectivity index (χ0) is 12.3. The van der Waals surface area contributed by atoms with Crippen LogP contribution in [0.4, 0.5) is 4.39 Å². The molecule has 1 saturated carbocycles. The molecule has 1 aliphatic carbocycles. The number of aliphatic hydroxyl groups is 1. The molecule has 3 atom stereocenters. The van der Waals surface area contributed by atoms with E-state index < -0.39 is 6.10 Å². The first-order valence-corrected chi connectivity index (χ1v) is 6.64. The zero-order valence-electron chi connectivity index (χ0n) is 10.8. The van der Waals surface area contributed by atoms with Crippen LogP contribution in [0.3, 0.4) is 0 Å². The molecule has 1 aromatic carbocycles. The monoisotopic (exact) mass is 272 g/mol. The van der Waals surface area contributed by atoms with Crippen LogP contribution in [0.2, 0.25) is 0 Å². The molecule has 0 saturated heterocycles. The Labute approximate surface area is 115 Å². The molecule has 0 bridgehead atoms. The summed E-state index contributed by atoms with van der Waals surface area (Å²) in [5, 5.41) is 10.3. The molecule has 0 spiro atoms. The van der Waals surface area contributed by atoms with Crippen LogP contribution in [0.25, 0.3) is 0 Å². The molecule has 102 valence electrons. The van der Waals surface area contributed by atoms with Crippen LogP contribution in [0, 0.1) is 17.7 Å². The van der Waals surface area contributed by atoms with Crippen molar-refractivity contribution in [1.82, 2.24) is 0 Å². The molecule has 0 aromatic heterocycles. The Balaban J connectivity index is 0.00000162. The van der Waals surface area contributed by atoms with Crippen LogP contribution < -0.4 is 0 Å². The number of hydrogen-bond acceptors (Lipinski definition) is 1. The maximum absolute atomic E-state index is 13.6. The highest BCUT2D eigenvalue weighted by Gasteiger charge is 2.28. The molecular weight excluding hydrogens is 251 g/mol. The van der Waals surface area contributed by atoms with Crippen molar-refractivity contribution in [3.8, 4) is 0 Å². The first kappa shape index (κ1) is 15.5. The fourth-order valence-electron chi connectivity index (χ4n) is 2.96. The molecule has 1 fully saturated rings. The third kappa shape index (κ3) is 3.46. The maximum atomic E-state index is 13.6. The fourth-order valence-corrected chi connectivity index (χ4v) is 2.96. The van der Waals surface area contributed by atoms with Crippen molar-refractivity contribution < 1.29 is 9.50 Å². The van der Waals surface area contributed by atoms with E-state index in [0.29, 0.717) is 11.5 Å². The highest BCUT2D eigenvalue weighted by molar-refractivity contribution is 5.85. The van der Waals surface area contributed by atoms with Gasteiger partial charge in [0.05, 0.1) is 6.10 Å². The van der Waals surface area contributed by atoms with Crippen molar-refractivity contribution in [2.45, 2.75) is 45.1 Å². The summed E-state index contributed by atoms with van der Waals surface area (Å²) in [7, 11) is 0. The topological polar surface area (TPSA) is 20.2 Å². The van der Waals surface area contributed by atoms with Crippen LogP contribution in [-0.4, -0.2) is 5.11 Å². The first-order chi connectivity index (χ1) is 8.22. The van der Waals surface area contributed by atoms with Crippen molar-refractivity contribution in [1.29, 1.82) is 0 Å². The van der Waals surface area contributed by atoms with Gasteiger partial charge < -0.3 is 5.11 Å². The van der Waals surface area contributed by atoms with Gasteiger partial charge in [0.25, 0.3) is 0 Å². The molecule has 1 nitrogen and oxygen atoms in total. The lowest BCUT2D eigenvalue weighted by Gasteiger charge is -2.32. The van der Waals surface area contributed by atoms with Crippen LogP contribution in [0.1, 0.15) is 50.7 Å². The SMILES string of the molecule is CC[C@H]1CCC[C@H]([C@@H](O)c2ccccc2F)C1.Cl. The smallest absolute Gasteiger partial charge is 0.129 e. The Morgan fingerprint density at radius 2 is 2.06 bits per heavy atom. The molecule has 1 N–H and O–H groups in total. The van der Waals surface area contributed by atoms with Gasteiger partial charge in [-0.05, 0) is 30.7 Å². The fraction of sp³-hybridized carbons (Fsp3) is 0.600. The van der Waals surface area contributed by atoms with Gasteiger partial charge in [0.1, 0.15) is 5.82 Å². The third-order valence-electron chi connectivity index (χ3n) is 4.07. The average molecular weight is 273 g/mol. The lowest BCUT2D eigenvalue weighted by Crippen LogP contribution is -2.21. The summed E-state index contributed by atoms with van der Waals surface area (Å²) in [6.45, 7) is 2.20. The predicted octanol–water partition coefficient (Wildman–Crippen LogP) is 4.50. The maximum Gasteiger partial charge on any atom is 0.129 e. The van der Waals surface area contributed by atoms with E-state index in [-0.39, 0.29) is 24.1 Å². The summed E-state index contributed by atoms with van der Waals surface area (Å²) in [6.07, 6.45) is 5.01. The summed E-state index contributed by atoms with van der Waals surface area (Å²) < 4.78 is 13.6. The van der Waals surface area contributed by atoms with Gasteiger partial charge in [-0.2, -0.15) is 0 Å². The van der Waals surface area contributed by atoms with Gasteiger partial charge in [0.15, 0.2) is 0 Å². The minimum absolute atomic E-state index is 0. The van der Waals surface area contributed by atoms with E-state index >= 15 is 0 Å². The molecule has 1 aliphatic rings. The summed E-state index contributed by atoms with van der Waals surface area (Å²) in [5.74, 6) is 0.652. The zero-order valence-corrected chi connectivity index (χ0v) is 11.6. The van der Waals surface area contributed by atoms with Gasteiger partial charge in [0, 0.05) is 5.56 Å². The van der Waals surface area contributed by atoms with Crippen LogP contribution in [0.15, 0.2) is 24.3 Å². The molecule has 3 heteroatoms. The standard InChI is InChI=1S/C15H21FO.ClH/c1-2-11-6-5-7-12(10-11)15(17)13-8-3-4-9-14(13)16;/h3-4,8-9,11-12,15,17H,2,5-7,10H2,1H3;1H/t11-,12-,15+;/m0./s1. The van der Waals surface area contributed by atoms with Crippen molar-refractivity contribution in [3.05, 3.63) is 35.6 Å². The summed E-state index contributed by atoms with van der Waals surface area (Å²) in [6, 6.07) is 6.59. The molecular formula is C15H22ClFO. The first-order valence-electron chi connectivity index (χ1n) is 6.64. The molecule has 1 aromatic rings. The van der Waals surface area contributed by atoms with Gasteiger partial charge in [-0.1, -0.05) is 44.4 Å². The van der Waals surface area contributed by atoms with Gasteiger partial charge in [-0.3, -0.25) is 0 Å². The third-order valence-corrected chi connectivity index (χ3v) is 4.07. The second-order valence-electron chi connectivity index (χ2n) is 5.17. The molecule has 18 heavy (non-hydrogen) atoms. The predicted molar refractivity (Wildman–Crippen MR) is 74.3 cm³/mol. The Morgan fingerprint density at radius 1 is 1.33 bits per heavy atom. The highest BCUT2D eigenvalue weighted by Crippen LogP contribution is 2.38. The minimum atomic E-state index is -0.634. The van der Waals surface area contributed by atoms with E-state index in [1.807, 2.05) is 0 Å². The summed E-state index contributed by atoms with van der Waals surface area (Å²) in [5.41, 5.74) is 0.467. The van der Waals surface area contributed by atoms with Gasteiger partial charge in [0.2, 0.25) is 0 Å². The van der Waals surface area contributed by atoms with Gasteiger partial charge in [-0.25, -0.2) is 4.39 Å². The number of halogens is 2. The second-order valence-corrected chi connectivity index (χ2v) is 5.17. The van der Waals surface area contributed by atoms with Crippen molar-refractivity contribution >= 4 is 12.4 Å². The minimum Gasteiger partial charge on any atom is -0.388 e. The molecule has 0 amide bonds. The summed E-state index contributed by atoms with van der Waals surface area (Å²) >= 11 is 0. The quantitative estimate of drug-likeness (QED) is 0.859. The van der Waals surface area contributed by atoms with Crippen LogP contribution in [0.5, 0.6) is 0 Å². The summed E-state index contributed by atoms with van der Waals surface area (Å²) in [4.78, 5) is 0. The number of hydrogen-bond donors (Lipinski definition) is 1. The molecule has 0 unspecified atom stereocenters. The normalized spacial score (nSPS) is 25.3. The Hall–Kier alpha value is -0.600. The van der Waals surface area contributed by atoms with Crippen LogP contribution in [-0.2, 0) is 0 Å². The second kappa shape index (κ2) is 7.10. The van der Waals surface area contributed by atoms with Crippen molar-refractivity contribution in [2.24, 2.45) is 11.8 Å². The van der Waals surface area contributed by atoms with E-state index in [4.69, 9.17) is 0 Å². The Bertz CT molecular complexity index is 369. The molecule has 2 rings (SSSR count). The molecule has 0 aliphatic heterocycles. The molecule has 0 radical (unpaired) electrons. The van der Waals surface area contributed by atoms with Gasteiger partial charge in [-0.15, -0.1) is 12.4 Å². The van der Waals surface area contributed by atoms with Gasteiger partial charge >= 0.3 is 0 Å². The lowest BCUT2D eigenvalue weighted by molar-refractivity contribution is 0.0650. The number of aliphatic hydroxyl groups excluding tert-OH is 1. The molecule has 0 heterocycles. The van der Waals surface area contributed by atoms with Crippen molar-refractivity contribution in [2.75, 3.05) is 0 Å². The largest absolute Gasteiger partial charge is 0.388 e. The Kier molecular flexibility index (Phi) is 6.10. The van der Waals surface area contributed by atoms with Crippen molar-refractivity contribution in [3.63, 3.8) is 0 Å². The van der Waals surface area contributed by atoms with Crippen LogP contribution >= 0.6 is 12.4 Å². The van der Waals surface area contributed by atoms with E-state index in [1.54, 1.807) is 18.2 Å². The highest BCUT2D eigenvalue weighted by atomic mass is 35.5. The number of rotatable bonds is 3.